The van der Waals surface area contributed by atoms with Crippen LogP contribution in [0.2, 0.25) is 0 Å². The first-order chi connectivity index (χ1) is 5.73. The van der Waals surface area contributed by atoms with Crippen molar-refractivity contribution >= 4 is 34.8 Å². The molecule has 1 rings (SSSR count). The summed E-state index contributed by atoms with van der Waals surface area (Å²) in [5, 5.41) is 7.00. The Labute approximate surface area is 87.5 Å². The molecule has 0 bridgehead atoms. The summed E-state index contributed by atoms with van der Waals surface area (Å²) < 4.78 is 9.14. The third kappa shape index (κ3) is 22.4. The van der Waals surface area contributed by atoms with Gasteiger partial charge >= 0.3 is 0 Å². The molecule has 1 N–H and O–H groups in total. The molecule has 1 heterocycles. The summed E-state index contributed by atoms with van der Waals surface area (Å²) in [5.41, 5.74) is 0. The van der Waals surface area contributed by atoms with E-state index in [9.17, 15) is 0 Å². The van der Waals surface area contributed by atoms with Crippen molar-refractivity contribution in [3.63, 3.8) is 0 Å². The molecule has 0 aromatic heterocycles. The smallest absolute Gasteiger partial charge is 0.180 e. The molecule has 1 aliphatic heterocycles. The standard InChI is InChI=1S/C4H8O2.CHCl3.CH4O/c1-2-6-4-3-5-1;2-1(3)4;1-2/h1-4H2;1H;2H,1H3. The summed E-state index contributed by atoms with van der Waals surface area (Å²) in [7, 11) is 1.00. The van der Waals surface area contributed by atoms with Crippen LogP contribution in [0.25, 0.3) is 0 Å². The Bertz CT molecular complexity index is 54.8. The monoisotopic (exact) mass is 238 g/mol. The van der Waals surface area contributed by atoms with Crippen LogP contribution in [0.4, 0.5) is 0 Å². The lowest BCUT2D eigenvalue weighted by Gasteiger charge is -2.09. The Kier molecular flexibility index (Phi) is 18.1. The van der Waals surface area contributed by atoms with Crippen LogP contribution in [0.5, 0.6) is 0 Å². The van der Waals surface area contributed by atoms with E-state index in [4.69, 9.17) is 49.4 Å². The predicted octanol–water partition coefficient (Wildman–Crippen LogP) is 1.63. The van der Waals surface area contributed by atoms with Crippen molar-refractivity contribution in [3.05, 3.63) is 0 Å². The highest BCUT2D eigenvalue weighted by molar-refractivity contribution is 6.63. The molecule has 1 saturated heterocycles. The molecule has 3 nitrogen and oxygen atoms in total. The molecule has 0 unspecified atom stereocenters. The molecular weight excluding hydrogens is 226 g/mol. The molecule has 0 radical (unpaired) electrons. The lowest BCUT2D eigenvalue weighted by Crippen LogP contribution is -2.16. The second-order valence-electron chi connectivity index (χ2n) is 1.47. The van der Waals surface area contributed by atoms with Crippen LogP contribution in [0, 0.1) is 0 Å². The van der Waals surface area contributed by atoms with Crippen LogP contribution in [0.1, 0.15) is 0 Å². The zero-order valence-electron chi connectivity index (χ0n) is 6.80. The summed E-state index contributed by atoms with van der Waals surface area (Å²) in [5.74, 6) is 0. The van der Waals surface area contributed by atoms with E-state index in [1.807, 2.05) is 0 Å². The normalized spacial score (nSPS) is 15.5. The fourth-order valence-electron chi connectivity index (χ4n) is 0.440. The largest absolute Gasteiger partial charge is 0.400 e. The number of aliphatic hydroxyl groups is 1. The molecule has 0 amide bonds. The van der Waals surface area contributed by atoms with Gasteiger partial charge in [0.2, 0.25) is 0 Å². The van der Waals surface area contributed by atoms with Gasteiger partial charge in [0.25, 0.3) is 0 Å². The van der Waals surface area contributed by atoms with Crippen molar-refractivity contribution < 1.29 is 14.6 Å². The molecule has 0 aliphatic carbocycles. The van der Waals surface area contributed by atoms with Crippen LogP contribution in [-0.4, -0.2) is 42.9 Å². The van der Waals surface area contributed by atoms with Crippen LogP contribution < -0.4 is 0 Å². The number of hydrogen-bond acceptors (Lipinski definition) is 3. The van der Waals surface area contributed by atoms with Crippen molar-refractivity contribution in [3.8, 4) is 0 Å². The van der Waals surface area contributed by atoms with Gasteiger partial charge in [0, 0.05) is 7.11 Å². The number of hydrogen-bond donors (Lipinski definition) is 1. The molecule has 0 aromatic rings. The van der Waals surface area contributed by atoms with E-state index >= 15 is 0 Å². The zero-order chi connectivity index (χ0) is 9.82. The van der Waals surface area contributed by atoms with Gasteiger partial charge in [0.05, 0.1) is 26.4 Å². The lowest BCUT2D eigenvalue weighted by atomic mass is 10.6. The van der Waals surface area contributed by atoms with Crippen molar-refractivity contribution in [1.82, 2.24) is 0 Å². The van der Waals surface area contributed by atoms with Gasteiger partial charge in [-0.1, -0.05) is 34.8 Å². The molecule has 1 aliphatic rings. The minimum Gasteiger partial charge on any atom is -0.400 e. The fourth-order valence-corrected chi connectivity index (χ4v) is 0.440. The summed E-state index contributed by atoms with van der Waals surface area (Å²) in [6, 6.07) is 0. The summed E-state index contributed by atoms with van der Waals surface area (Å²) in [6.07, 6.45) is 0. The van der Waals surface area contributed by atoms with E-state index in [1.165, 1.54) is 0 Å². The van der Waals surface area contributed by atoms with Gasteiger partial charge in [0.15, 0.2) is 4.30 Å². The third-order valence-electron chi connectivity index (χ3n) is 0.744. The molecule has 0 saturated carbocycles. The Balaban J connectivity index is 0. The highest BCUT2D eigenvalue weighted by Crippen LogP contribution is 2.03. The van der Waals surface area contributed by atoms with Crippen molar-refractivity contribution in [2.75, 3.05) is 33.5 Å². The highest BCUT2D eigenvalue weighted by atomic mass is 35.6. The summed E-state index contributed by atoms with van der Waals surface area (Å²) in [6.45, 7) is 3.11. The van der Waals surface area contributed by atoms with E-state index in [1.54, 1.807) is 0 Å². The quantitative estimate of drug-likeness (QED) is 0.653. The molecule has 6 heteroatoms. The molecule has 1 fully saturated rings. The van der Waals surface area contributed by atoms with Gasteiger partial charge in [0.1, 0.15) is 0 Å². The average molecular weight is 240 g/mol. The molecule has 12 heavy (non-hydrogen) atoms. The molecule has 76 valence electrons. The second kappa shape index (κ2) is 14.3. The van der Waals surface area contributed by atoms with E-state index in [-0.39, 0.29) is 0 Å². The number of halogens is 3. The number of aliphatic hydroxyl groups excluding tert-OH is 1. The molecule has 0 spiro atoms. The lowest BCUT2D eigenvalue weighted by molar-refractivity contribution is -0.0334. The Morgan fingerprint density at radius 3 is 1.17 bits per heavy atom. The summed E-state index contributed by atoms with van der Waals surface area (Å²) >= 11 is 14.4. The van der Waals surface area contributed by atoms with E-state index in [2.05, 4.69) is 0 Å². The Morgan fingerprint density at radius 1 is 0.917 bits per heavy atom. The van der Waals surface area contributed by atoms with E-state index in [0.717, 1.165) is 33.5 Å². The van der Waals surface area contributed by atoms with Crippen molar-refractivity contribution in [1.29, 1.82) is 0 Å². The number of ether oxygens (including phenoxy) is 2. The van der Waals surface area contributed by atoms with Gasteiger partial charge < -0.3 is 14.6 Å². The second-order valence-corrected chi connectivity index (χ2v) is 3.45. The van der Waals surface area contributed by atoms with E-state index < -0.39 is 4.30 Å². The number of alkyl halides is 3. The number of rotatable bonds is 0. The predicted molar refractivity (Wildman–Crippen MR) is 51.1 cm³/mol. The molecule has 0 atom stereocenters. The minimum absolute atomic E-state index is 0.750. The van der Waals surface area contributed by atoms with E-state index in [0.29, 0.717) is 0 Å². The topological polar surface area (TPSA) is 38.7 Å². The van der Waals surface area contributed by atoms with Gasteiger partial charge in [-0.05, 0) is 0 Å². The van der Waals surface area contributed by atoms with Crippen LogP contribution in [0.15, 0.2) is 0 Å². The molecular formula is C6H13Cl3O3. The van der Waals surface area contributed by atoms with Crippen LogP contribution >= 0.6 is 34.8 Å². The highest BCUT2D eigenvalue weighted by Gasteiger charge is 1.94. The Hall–Kier alpha value is 0.750. The fraction of sp³-hybridized carbons (Fsp3) is 1.00. The third-order valence-corrected chi connectivity index (χ3v) is 0.744. The first kappa shape index (κ1) is 15.2. The average Bonchev–Trinajstić information content (AvgIpc) is 2.10. The minimum atomic E-state index is -0.750. The first-order valence-electron chi connectivity index (χ1n) is 3.26. The Morgan fingerprint density at radius 2 is 1.08 bits per heavy atom. The maximum absolute atomic E-state index is 7.00. The van der Waals surface area contributed by atoms with Crippen LogP contribution in [-0.2, 0) is 9.47 Å². The molecule has 0 aromatic carbocycles. The zero-order valence-corrected chi connectivity index (χ0v) is 9.07. The van der Waals surface area contributed by atoms with Crippen molar-refractivity contribution in [2.24, 2.45) is 0 Å². The van der Waals surface area contributed by atoms with Gasteiger partial charge in [-0.3, -0.25) is 0 Å². The van der Waals surface area contributed by atoms with Gasteiger partial charge in [-0.2, -0.15) is 0 Å². The van der Waals surface area contributed by atoms with Gasteiger partial charge in [-0.25, -0.2) is 0 Å². The maximum atomic E-state index is 7.00. The SMILES string of the molecule is C1COCCO1.CO.ClC(Cl)Cl. The van der Waals surface area contributed by atoms with Crippen LogP contribution in [0.3, 0.4) is 0 Å². The van der Waals surface area contributed by atoms with Crippen molar-refractivity contribution in [2.45, 2.75) is 4.30 Å². The maximum Gasteiger partial charge on any atom is 0.180 e. The van der Waals surface area contributed by atoms with Gasteiger partial charge in [-0.15, -0.1) is 0 Å². The first-order valence-corrected chi connectivity index (χ1v) is 4.57. The summed E-state index contributed by atoms with van der Waals surface area (Å²) in [4.78, 5) is 0.